The molecular weight excluding hydrogens is 454 g/mol. The van der Waals surface area contributed by atoms with Crippen LogP contribution in [0.5, 0.6) is 0 Å². The SMILES string of the molecule is C=C/C=C\C(=C/C)C(=O)Nc1ccc(Br)cc1C(=O)O.CBr.COC. The van der Waals surface area contributed by atoms with Gasteiger partial charge in [0.25, 0.3) is 5.91 Å². The summed E-state index contributed by atoms with van der Waals surface area (Å²) >= 11 is 6.14. The Morgan fingerprint density at radius 3 is 2.28 bits per heavy atom. The number of hydrogen-bond donors (Lipinski definition) is 2. The fourth-order valence-corrected chi connectivity index (χ4v) is 1.83. The smallest absolute Gasteiger partial charge is 0.337 e. The topological polar surface area (TPSA) is 75.6 Å². The largest absolute Gasteiger partial charge is 0.478 e. The van der Waals surface area contributed by atoms with E-state index in [0.29, 0.717) is 10.0 Å². The molecule has 0 fully saturated rings. The Hall–Kier alpha value is -1.70. The molecule has 0 aliphatic heterocycles. The number of aromatic carboxylic acids is 1. The lowest BCUT2D eigenvalue weighted by Gasteiger charge is -2.09. The van der Waals surface area contributed by atoms with Crippen LogP contribution in [-0.2, 0) is 9.53 Å². The number of anilines is 1. The molecule has 1 aromatic rings. The molecule has 0 aromatic heterocycles. The number of nitrogens with one attached hydrogen (secondary N) is 1. The van der Waals surface area contributed by atoms with Gasteiger partial charge in [-0.25, -0.2) is 4.79 Å². The van der Waals surface area contributed by atoms with Gasteiger partial charge in [-0.15, -0.1) is 0 Å². The van der Waals surface area contributed by atoms with E-state index in [2.05, 4.69) is 48.5 Å². The summed E-state index contributed by atoms with van der Waals surface area (Å²) in [5.41, 5.74) is 0.692. The molecule has 7 heteroatoms. The van der Waals surface area contributed by atoms with Crippen LogP contribution in [0.2, 0.25) is 0 Å². The number of carbonyl (C=O) groups is 2. The van der Waals surface area contributed by atoms with Crippen molar-refractivity contribution in [2.45, 2.75) is 6.92 Å². The van der Waals surface area contributed by atoms with Crippen molar-refractivity contribution in [1.82, 2.24) is 0 Å². The molecule has 2 N–H and O–H groups in total. The number of halogens is 2. The zero-order valence-electron chi connectivity index (χ0n) is 14.7. The van der Waals surface area contributed by atoms with Crippen molar-refractivity contribution in [3.63, 3.8) is 0 Å². The maximum Gasteiger partial charge on any atom is 0.337 e. The summed E-state index contributed by atoms with van der Waals surface area (Å²) in [5.74, 6) is 0.327. The summed E-state index contributed by atoms with van der Waals surface area (Å²) in [4.78, 5) is 23.2. The predicted molar refractivity (Wildman–Crippen MR) is 111 cm³/mol. The van der Waals surface area contributed by atoms with E-state index in [0.717, 1.165) is 0 Å². The Morgan fingerprint density at radius 2 is 1.84 bits per heavy atom. The second-order valence-corrected chi connectivity index (χ2v) is 5.11. The van der Waals surface area contributed by atoms with E-state index >= 15 is 0 Å². The summed E-state index contributed by atoms with van der Waals surface area (Å²) in [6, 6.07) is 4.64. The quantitative estimate of drug-likeness (QED) is 0.354. The van der Waals surface area contributed by atoms with E-state index in [9.17, 15) is 9.59 Å². The van der Waals surface area contributed by atoms with Crippen molar-refractivity contribution >= 4 is 49.4 Å². The molecule has 0 heterocycles. The van der Waals surface area contributed by atoms with E-state index < -0.39 is 5.97 Å². The number of benzene rings is 1. The zero-order valence-corrected chi connectivity index (χ0v) is 17.8. The standard InChI is InChI=1S/C15H14BrNO3.C2H6O.CH3Br/c1-3-5-6-10(4-2)14(18)17-13-8-7-11(16)9-12(13)15(19)20;1-3-2;1-2/h3-9H,1H2,2H3,(H,17,18)(H,19,20);1-2H3;1H3/b6-5-,10-4+;;. The molecule has 0 aliphatic rings. The van der Waals surface area contributed by atoms with E-state index in [1.807, 2.05) is 5.83 Å². The van der Waals surface area contributed by atoms with Gasteiger partial charge in [0.1, 0.15) is 0 Å². The number of amides is 1. The molecule has 1 amide bonds. The average Bonchev–Trinajstić information content (AvgIpc) is 2.59. The number of allylic oxidation sites excluding steroid dienone is 3. The highest BCUT2D eigenvalue weighted by atomic mass is 79.9. The van der Waals surface area contributed by atoms with E-state index in [4.69, 9.17) is 5.11 Å². The number of rotatable bonds is 5. The average molecular weight is 477 g/mol. The highest BCUT2D eigenvalue weighted by Crippen LogP contribution is 2.21. The minimum atomic E-state index is -1.11. The molecule has 0 saturated heterocycles. The lowest BCUT2D eigenvalue weighted by atomic mass is 10.1. The Labute approximate surface area is 165 Å². The van der Waals surface area contributed by atoms with Gasteiger partial charge in [-0.2, -0.15) is 0 Å². The molecular formula is C18H23Br2NO4. The number of ether oxygens (including phenoxy) is 1. The second kappa shape index (κ2) is 15.8. The summed E-state index contributed by atoms with van der Waals surface area (Å²) in [6.07, 6.45) is 6.42. The molecule has 1 aromatic carbocycles. The van der Waals surface area contributed by atoms with Crippen LogP contribution in [0.4, 0.5) is 5.69 Å². The Morgan fingerprint density at radius 1 is 1.28 bits per heavy atom. The number of carboxylic acid groups (broad SMARTS) is 1. The molecule has 0 atom stereocenters. The Balaban J connectivity index is 0. The van der Waals surface area contributed by atoms with E-state index in [-0.39, 0.29) is 17.2 Å². The summed E-state index contributed by atoms with van der Waals surface area (Å²) < 4.78 is 4.88. The number of hydrogen-bond acceptors (Lipinski definition) is 3. The van der Waals surface area contributed by atoms with Gasteiger partial charge in [-0.05, 0) is 37.0 Å². The first-order valence-electron chi connectivity index (χ1n) is 6.98. The molecule has 0 spiro atoms. The third-order valence-corrected chi connectivity index (χ3v) is 2.94. The van der Waals surface area contributed by atoms with Crippen LogP contribution < -0.4 is 5.32 Å². The maximum absolute atomic E-state index is 12.0. The first kappa shape index (κ1) is 25.5. The fraction of sp³-hybridized carbons (Fsp3) is 0.222. The van der Waals surface area contributed by atoms with Crippen molar-refractivity contribution in [2.24, 2.45) is 0 Å². The molecule has 5 nitrogen and oxygen atoms in total. The van der Waals surface area contributed by atoms with Crippen LogP contribution in [0, 0.1) is 0 Å². The van der Waals surface area contributed by atoms with Gasteiger partial charge in [0, 0.05) is 24.3 Å². The fourth-order valence-electron chi connectivity index (χ4n) is 1.47. The minimum absolute atomic E-state index is 0.0240. The number of methoxy groups -OCH3 is 1. The number of carbonyl (C=O) groups excluding carboxylic acids is 1. The molecule has 0 saturated carbocycles. The van der Waals surface area contributed by atoms with Crippen molar-refractivity contribution in [3.05, 3.63) is 64.7 Å². The third kappa shape index (κ3) is 10.7. The van der Waals surface area contributed by atoms with Gasteiger partial charge in [0.05, 0.1) is 11.3 Å². The van der Waals surface area contributed by atoms with Gasteiger partial charge in [-0.3, -0.25) is 4.79 Å². The van der Waals surface area contributed by atoms with Crippen LogP contribution in [-0.4, -0.2) is 37.0 Å². The summed E-state index contributed by atoms with van der Waals surface area (Å²) in [7, 11) is 3.25. The maximum atomic E-state index is 12.0. The van der Waals surface area contributed by atoms with Crippen molar-refractivity contribution in [3.8, 4) is 0 Å². The molecule has 0 radical (unpaired) electrons. The Kier molecular flexibility index (Phi) is 16.1. The highest BCUT2D eigenvalue weighted by Gasteiger charge is 2.14. The highest BCUT2D eigenvalue weighted by molar-refractivity contribution is 9.10. The third-order valence-electron chi connectivity index (χ3n) is 2.45. The van der Waals surface area contributed by atoms with Crippen LogP contribution in [0.25, 0.3) is 0 Å². The van der Waals surface area contributed by atoms with Gasteiger partial charge in [0.15, 0.2) is 0 Å². The molecule has 1 rings (SSSR count). The van der Waals surface area contributed by atoms with E-state index in [1.54, 1.807) is 51.5 Å². The zero-order chi connectivity index (χ0) is 19.8. The van der Waals surface area contributed by atoms with Crippen LogP contribution in [0.15, 0.2) is 59.1 Å². The normalized spacial score (nSPS) is 10.1. The summed E-state index contributed by atoms with van der Waals surface area (Å²) in [5, 5.41) is 11.7. The van der Waals surface area contributed by atoms with E-state index in [1.165, 1.54) is 12.1 Å². The van der Waals surface area contributed by atoms with Crippen LogP contribution in [0.3, 0.4) is 0 Å². The lowest BCUT2D eigenvalue weighted by molar-refractivity contribution is -0.112. The molecule has 0 unspecified atom stereocenters. The number of alkyl halides is 1. The van der Waals surface area contributed by atoms with Gasteiger partial charge < -0.3 is 15.2 Å². The minimum Gasteiger partial charge on any atom is -0.478 e. The molecule has 25 heavy (non-hydrogen) atoms. The first-order chi connectivity index (χ1) is 11.9. The van der Waals surface area contributed by atoms with Crippen LogP contribution in [0.1, 0.15) is 17.3 Å². The summed E-state index contributed by atoms with van der Waals surface area (Å²) in [6.45, 7) is 5.25. The van der Waals surface area contributed by atoms with Crippen LogP contribution >= 0.6 is 31.9 Å². The monoisotopic (exact) mass is 475 g/mol. The lowest BCUT2D eigenvalue weighted by Crippen LogP contribution is -2.15. The molecule has 138 valence electrons. The van der Waals surface area contributed by atoms with Gasteiger partial charge in [-0.1, -0.05) is 56.7 Å². The van der Waals surface area contributed by atoms with Crippen molar-refractivity contribution < 1.29 is 19.4 Å². The number of carboxylic acids is 1. The van der Waals surface area contributed by atoms with Gasteiger partial charge in [0.2, 0.25) is 0 Å². The molecule has 0 bridgehead atoms. The Bertz CT molecular complexity index is 626. The predicted octanol–water partition coefficient (Wildman–Crippen LogP) is 5.05. The van der Waals surface area contributed by atoms with Gasteiger partial charge >= 0.3 is 5.97 Å². The van der Waals surface area contributed by atoms with Crippen molar-refractivity contribution in [1.29, 1.82) is 0 Å². The second-order valence-electron chi connectivity index (χ2n) is 4.20. The first-order valence-corrected chi connectivity index (χ1v) is 9.36. The van der Waals surface area contributed by atoms with Crippen molar-refractivity contribution in [2.75, 3.05) is 25.4 Å². The molecule has 0 aliphatic carbocycles.